The van der Waals surface area contributed by atoms with Gasteiger partial charge in [0.05, 0.1) is 18.9 Å². The van der Waals surface area contributed by atoms with E-state index in [1.54, 1.807) is 19.4 Å². The Balaban J connectivity index is 1.74. The van der Waals surface area contributed by atoms with Gasteiger partial charge < -0.3 is 9.84 Å². The maximum absolute atomic E-state index is 12.2. The van der Waals surface area contributed by atoms with Gasteiger partial charge in [-0.2, -0.15) is 10.2 Å². The summed E-state index contributed by atoms with van der Waals surface area (Å²) in [5.41, 5.74) is 2.29. The second-order valence-electron chi connectivity index (χ2n) is 5.94. The summed E-state index contributed by atoms with van der Waals surface area (Å²) in [6, 6.07) is 5.93. The predicted octanol–water partition coefficient (Wildman–Crippen LogP) is 1.19. The molecule has 0 saturated heterocycles. The number of aliphatic hydroxyl groups excluding tert-OH is 1. The maximum Gasteiger partial charge on any atom is 0.292 e. The van der Waals surface area contributed by atoms with E-state index >= 15 is 0 Å². The van der Waals surface area contributed by atoms with Crippen molar-refractivity contribution in [2.24, 2.45) is 7.05 Å². The van der Waals surface area contributed by atoms with Crippen LogP contribution in [0.5, 0.6) is 5.75 Å². The van der Waals surface area contributed by atoms with Gasteiger partial charge in [0.2, 0.25) is 0 Å². The molecule has 2 aromatic heterocycles. The van der Waals surface area contributed by atoms with Gasteiger partial charge in [0.15, 0.2) is 0 Å². The topological polar surface area (TPSA) is 82.2 Å². The number of aromatic nitrogens is 4. The van der Waals surface area contributed by atoms with Crippen LogP contribution in [-0.2, 0) is 13.6 Å². The molecular weight excluding hydrogens is 308 g/mol. The Kier molecular flexibility index (Phi) is 4.35. The molecule has 1 N–H and O–H groups in total. The summed E-state index contributed by atoms with van der Waals surface area (Å²) in [6.45, 7) is 4.24. The molecule has 1 atom stereocenters. The van der Waals surface area contributed by atoms with Crippen molar-refractivity contribution in [1.82, 2.24) is 19.6 Å². The third-order valence-corrected chi connectivity index (χ3v) is 3.89. The number of fused-ring (bicyclic) bond motifs is 1. The number of rotatable bonds is 5. The number of aliphatic hydroxyl groups is 1. The lowest BCUT2D eigenvalue weighted by Gasteiger charge is -2.15. The van der Waals surface area contributed by atoms with Gasteiger partial charge in [0, 0.05) is 12.4 Å². The Bertz CT molecular complexity index is 929. The minimum atomic E-state index is -0.786. The van der Waals surface area contributed by atoms with E-state index in [1.807, 2.05) is 32.0 Å². The average Bonchev–Trinajstić information content (AvgIpc) is 2.95. The molecule has 0 radical (unpaired) electrons. The first kappa shape index (κ1) is 16.2. The van der Waals surface area contributed by atoms with Crippen LogP contribution in [0.2, 0.25) is 0 Å². The summed E-state index contributed by atoms with van der Waals surface area (Å²) in [6.07, 6.45) is 2.37. The normalized spacial score (nSPS) is 12.5. The molecule has 0 fully saturated rings. The lowest BCUT2D eigenvalue weighted by Crippen LogP contribution is -2.27. The van der Waals surface area contributed by atoms with Crippen LogP contribution >= 0.6 is 0 Å². The molecule has 0 aliphatic heterocycles. The predicted molar refractivity (Wildman–Crippen MR) is 90.2 cm³/mol. The van der Waals surface area contributed by atoms with E-state index in [0.29, 0.717) is 10.9 Å². The molecule has 7 heteroatoms. The highest BCUT2D eigenvalue weighted by Gasteiger charge is 2.14. The number of hydrogen-bond donors (Lipinski definition) is 1. The van der Waals surface area contributed by atoms with E-state index in [4.69, 9.17) is 4.74 Å². The van der Waals surface area contributed by atoms with Gasteiger partial charge in [0.1, 0.15) is 24.0 Å². The third-order valence-electron chi connectivity index (χ3n) is 3.89. The first-order valence-electron chi connectivity index (χ1n) is 7.71. The molecule has 126 valence electrons. The van der Waals surface area contributed by atoms with E-state index in [2.05, 4.69) is 10.2 Å². The average molecular weight is 328 g/mol. The number of aryl methyl sites for hydroxylation is 3. The third kappa shape index (κ3) is 3.16. The fourth-order valence-electron chi connectivity index (χ4n) is 2.52. The van der Waals surface area contributed by atoms with Crippen molar-refractivity contribution in [2.75, 3.05) is 6.61 Å². The first-order chi connectivity index (χ1) is 11.5. The molecule has 3 aromatic rings. The molecule has 0 aliphatic rings. The zero-order valence-corrected chi connectivity index (χ0v) is 13.9. The molecule has 0 bridgehead atoms. The minimum Gasteiger partial charge on any atom is -0.491 e. The van der Waals surface area contributed by atoms with Gasteiger partial charge in [-0.1, -0.05) is 12.1 Å². The summed E-state index contributed by atoms with van der Waals surface area (Å²) in [5.74, 6) is 0.750. The van der Waals surface area contributed by atoms with Gasteiger partial charge in [0.25, 0.3) is 5.56 Å². The van der Waals surface area contributed by atoms with E-state index < -0.39 is 6.10 Å². The van der Waals surface area contributed by atoms with Gasteiger partial charge in [-0.25, -0.2) is 4.68 Å². The van der Waals surface area contributed by atoms with Gasteiger partial charge >= 0.3 is 0 Å². The second-order valence-corrected chi connectivity index (χ2v) is 5.94. The van der Waals surface area contributed by atoms with E-state index in [9.17, 15) is 9.90 Å². The zero-order chi connectivity index (χ0) is 17.3. The lowest BCUT2D eigenvalue weighted by atomic mass is 10.1. The van der Waals surface area contributed by atoms with Crippen molar-refractivity contribution in [3.63, 3.8) is 0 Å². The summed E-state index contributed by atoms with van der Waals surface area (Å²) in [4.78, 5) is 12.2. The largest absolute Gasteiger partial charge is 0.491 e. The van der Waals surface area contributed by atoms with Crippen LogP contribution in [0.15, 0.2) is 35.4 Å². The quantitative estimate of drug-likeness (QED) is 0.761. The van der Waals surface area contributed by atoms with Crippen LogP contribution in [0.3, 0.4) is 0 Å². The van der Waals surface area contributed by atoms with Crippen molar-refractivity contribution in [1.29, 1.82) is 0 Å². The smallest absolute Gasteiger partial charge is 0.292 e. The van der Waals surface area contributed by atoms with E-state index in [0.717, 1.165) is 16.9 Å². The molecule has 7 nitrogen and oxygen atoms in total. The van der Waals surface area contributed by atoms with Gasteiger partial charge in [-0.05, 0) is 31.0 Å². The van der Waals surface area contributed by atoms with Crippen molar-refractivity contribution >= 4 is 10.9 Å². The highest BCUT2D eigenvalue weighted by Crippen LogP contribution is 2.19. The minimum absolute atomic E-state index is 0.122. The van der Waals surface area contributed by atoms with Gasteiger partial charge in [-0.3, -0.25) is 9.48 Å². The van der Waals surface area contributed by atoms with Crippen LogP contribution < -0.4 is 10.3 Å². The maximum atomic E-state index is 12.2. The number of benzene rings is 1. The summed E-state index contributed by atoms with van der Waals surface area (Å²) < 4.78 is 8.45. The molecule has 24 heavy (non-hydrogen) atoms. The van der Waals surface area contributed by atoms with Crippen molar-refractivity contribution in [3.05, 3.63) is 52.1 Å². The van der Waals surface area contributed by atoms with Crippen molar-refractivity contribution < 1.29 is 9.84 Å². The fourth-order valence-corrected chi connectivity index (χ4v) is 2.52. The molecule has 0 unspecified atom stereocenters. The van der Waals surface area contributed by atoms with Crippen LogP contribution in [0.1, 0.15) is 11.1 Å². The fraction of sp³-hybridized carbons (Fsp3) is 0.353. The molecule has 0 amide bonds. The molecule has 3 rings (SSSR count). The highest BCUT2D eigenvalue weighted by atomic mass is 16.5. The summed E-state index contributed by atoms with van der Waals surface area (Å²) in [7, 11) is 1.58. The molecular formula is C17H20N4O3. The van der Waals surface area contributed by atoms with Crippen LogP contribution in [0, 0.1) is 13.8 Å². The molecule has 1 aromatic carbocycles. The Morgan fingerprint density at radius 2 is 2.00 bits per heavy atom. The van der Waals surface area contributed by atoms with Crippen LogP contribution in [0.25, 0.3) is 10.9 Å². The SMILES string of the molecule is Cc1ccc(C)c(OC[C@@H](O)Cn2ncc3cnn(C)c(=O)c32)c1. The molecule has 2 heterocycles. The number of nitrogens with zero attached hydrogens (tertiary/aromatic N) is 4. The zero-order valence-electron chi connectivity index (χ0n) is 13.9. The van der Waals surface area contributed by atoms with E-state index in [-0.39, 0.29) is 18.7 Å². The van der Waals surface area contributed by atoms with Gasteiger partial charge in [-0.15, -0.1) is 0 Å². The van der Waals surface area contributed by atoms with Crippen LogP contribution in [-0.4, -0.2) is 37.4 Å². The second kappa shape index (κ2) is 6.45. The molecule has 0 spiro atoms. The Morgan fingerprint density at radius 1 is 1.25 bits per heavy atom. The summed E-state index contributed by atoms with van der Waals surface area (Å²) in [5, 5.41) is 19.0. The standard InChI is InChI=1S/C17H20N4O3/c1-11-4-5-12(2)15(6-11)24-10-14(22)9-21-16-13(8-19-21)7-18-20(3)17(16)23/h4-8,14,22H,9-10H2,1-3H3/t14-/m0/s1. The monoisotopic (exact) mass is 328 g/mol. The highest BCUT2D eigenvalue weighted by molar-refractivity contribution is 5.76. The molecule has 0 aliphatic carbocycles. The van der Waals surface area contributed by atoms with E-state index in [1.165, 1.54) is 9.36 Å². The number of ether oxygens (including phenoxy) is 1. The molecule has 0 saturated carbocycles. The first-order valence-corrected chi connectivity index (χ1v) is 7.71. The Labute approximate surface area is 139 Å². The number of hydrogen-bond acceptors (Lipinski definition) is 5. The summed E-state index contributed by atoms with van der Waals surface area (Å²) >= 11 is 0. The van der Waals surface area contributed by atoms with Crippen LogP contribution in [0.4, 0.5) is 0 Å². The lowest BCUT2D eigenvalue weighted by molar-refractivity contribution is 0.0901. The van der Waals surface area contributed by atoms with Crippen molar-refractivity contribution in [3.8, 4) is 5.75 Å². The van der Waals surface area contributed by atoms with Crippen molar-refractivity contribution in [2.45, 2.75) is 26.5 Å². The Hall–Kier alpha value is -2.67. The Morgan fingerprint density at radius 3 is 2.79 bits per heavy atom.